The molecular weight excluding hydrogens is 286 g/mol. The van der Waals surface area contributed by atoms with Gasteiger partial charge in [-0.25, -0.2) is 8.42 Å². The Balaban J connectivity index is 3.01. The summed E-state index contributed by atoms with van der Waals surface area (Å²) in [4.78, 5) is 0.122. The number of nitrogen functional groups attached to an aromatic ring is 1. The number of ether oxygens (including phenoxy) is 1. The number of nitrogens with two attached hydrogens (primary N) is 1. The average Bonchev–Trinajstić information content (AvgIpc) is 2.72. The molecule has 0 spiro atoms. The molecule has 1 unspecified atom stereocenters. The van der Waals surface area contributed by atoms with Crippen LogP contribution in [0.3, 0.4) is 0 Å². The van der Waals surface area contributed by atoms with Crippen LogP contribution in [0.4, 0.5) is 10.8 Å². The van der Waals surface area contributed by atoms with Gasteiger partial charge in [-0.1, -0.05) is 20.3 Å². The molecule has 0 aliphatic carbocycles. The highest BCUT2D eigenvalue weighted by atomic mass is 32.2. The van der Waals surface area contributed by atoms with E-state index in [0.717, 1.165) is 24.4 Å². The third-order valence-electron chi connectivity index (χ3n) is 2.71. The van der Waals surface area contributed by atoms with Gasteiger partial charge in [0, 0.05) is 7.11 Å². The van der Waals surface area contributed by atoms with Crippen LogP contribution < -0.4 is 11.1 Å². The molecule has 1 rings (SSSR count). The third-order valence-corrected chi connectivity index (χ3v) is 5.42. The summed E-state index contributed by atoms with van der Waals surface area (Å²) in [5.41, 5.74) is 5.68. The fourth-order valence-corrected chi connectivity index (χ4v) is 4.00. The molecule has 6 nitrogen and oxygen atoms in total. The van der Waals surface area contributed by atoms with Gasteiger partial charge in [0.25, 0.3) is 0 Å². The number of methoxy groups -OCH3 is 1. The summed E-state index contributed by atoms with van der Waals surface area (Å²) >= 11 is 1.08. The summed E-state index contributed by atoms with van der Waals surface area (Å²) in [6.07, 6.45) is 1.86. The van der Waals surface area contributed by atoms with E-state index in [-0.39, 0.29) is 22.5 Å². The van der Waals surface area contributed by atoms with Crippen molar-refractivity contribution in [1.82, 2.24) is 4.37 Å². The zero-order valence-electron chi connectivity index (χ0n) is 11.5. The van der Waals surface area contributed by atoms with Crippen molar-refractivity contribution in [3.8, 4) is 0 Å². The molecule has 0 radical (unpaired) electrons. The Kier molecular flexibility index (Phi) is 6.02. The van der Waals surface area contributed by atoms with E-state index >= 15 is 0 Å². The molecule has 1 aromatic heterocycles. The van der Waals surface area contributed by atoms with E-state index in [4.69, 9.17) is 10.5 Å². The first kappa shape index (κ1) is 16.2. The smallest absolute Gasteiger partial charge is 0.184 e. The van der Waals surface area contributed by atoms with Crippen LogP contribution in [0, 0.1) is 0 Å². The maximum absolute atomic E-state index is 12.0. The Morgan fingerprint density at radius 1 is 1.47 bits per heavy atom. The Morgan fingerprint density at radius 2 is 2.16 bits per heavy atom. The van der Waals surface area contributed by atoms with E-state index in [0.29, 0.717) is 11.6 Å². The third kappa shape index (κ3) is 4.05. The number of anilines is 2. The van der Waals surface area contributed by atoms with E-state index in [1.807, 2.05) is 0 Å². The minimum absolute atomic E-state index is 0.00696. The maximum Gasteiger partial charge on any atom is 0.184 e. The van der Waals surface area contributed by atoms with Crippen LogP contribution in [0.5, 0.6) is 0 Å². The van der Waals surface area contributed by atoms with Gasteiger partial charge >= 0.3 is 0 Å². The Hall–Kier alpha value is -0.860. The number of hydrogen-bond acceptors (Lipinski definition) is 7. The SMILES string of the molecule is CCCC(COC)Nc1snc(N)c1S(=O)(=O)CC. The number of nitrogens with one attached hydrogen (secondary N) is 1. The van der Waals surface area contributed by atoms with Crippen LogP contribution in [0.2, 0.25) is 0 Å². The standard InChI is InChI=1S/C11H21N3O3S2/c1-4-6-8(7-17-3)13-11-9(10(12)14-18-11)19(15,16)5-2/h8,13H,4-7H2,1-3H3,(H2,12,14). The molecule has 0 fully saturated rings. The van der Waals surface area contributed by atoms with Gasteiger partial charge in [-0.05, 0) is 18.0 Å². The molecule has 3 N–H and O–H groups in total. The lowest BCUT2D eigenvalue weighted by Crippen LogP contribution is -2.25. The van der Waals surface area contributed by atoms with E-state index in [1.54, 1.807) is 14.0 Å². The van der Waals surface area contributed by atoms with E-state index in [2.05, 4.69) is 16.6 Å². The van der Waals surface area contributed by atoms with E-state index < -0.39 is 9.84 Å². The topological polar surface area (TPSA) is 94.3 Å². The lowest BCUT2D eigenvalue weighted by atomic mass is 10.2. The van der Waals surface area contributed by atoms with E-state index in [1.165, 1.54) is 0 Å². The summed E-state index contributed by atoms with van der Waals surface area (Å²) in [7, 11) is -1.75. The number of hydrogen-bond donors (Lipinski definition) is 2. The quantitative estimate of drug-likeness (QED) is 0.760. The van der Waals surface area contributed by atoms with Crippen molar-refractivity contribution in [2.75, 3.05) is 30.5 Å². The molecule has 1 atom stereocenters. The van der Waals surface area contributed by atoms with Gasteiger partial charge in [0.2, 0.25) is 0 Å². The Bertz CT molecular complexity index is 493. The second-order valence-corrected chi connectivity index (χ2v) is 7.20. The summed E-state index contributed by atoms with van der Waals surface area (Å²) in [5.74, 6) is 0.0783. The van der Waals surface area contributed by atoms with Crippen molar-refractivity contribution in [1.29, 1.82) is 0 Å². The second kappa shape index (κ2) is 7.06. The molecule has 1 aromatic rings. The molecule has 110 valence electrons. The predicted molar refractivity (Wildman–Crippen MR) is 78.4 cm³/mol. The number of rotatable bonds is 8. The zero-order valence-corrected chi connectivity index (χ0v) is 13.1. The first-order valence-corrected chi connectivity index (χ1v) is 8.62. The summed E-state index contributed by atoms with van der Waals surface area (Å²) in [5, 5.41) is 3.69. The molecule has 0 aromatic carbocycles. The highest BCUT2D eigenvalue weighted by Gasteiger charge is 2.25. The van der Waals surface area contributed by atoms with Gasteiger partial charge in [-0.3, -0.25) is 0 Å². The van der Waals surface area contributed by atoms with Crippen molar-refractivity contribution in [2.24, 2.45) is 0 Å². The summed E-state index contributed by atoms with van der Waals surface area (Å²) < 4.78 is 33.1. The lowest BCUT2D eigenvalue weighted by molar-refractivity contribution is 0.182. The van der Waals surface area contributed by atoms with Gasteiger partial charge in [0.05, 0.1) is 18.4 Å². The van der Waals surface area contributed by atoms with Crippen LogP contribution in [0.1, 0.15) is 26.7 Å². The Morgan fingerprint density at radius 3 is 2.68 bits per heavy atom. The van der Waals surface area contributed by atoms with Crippen molar-refractivity contribution in [3.63, 3.8) is 0 Å². The van der Waals surface area contributed by atoms with E-state index in [9.17, 15) is 8.42 Å². The highest BCUT2D eigenvalue weighted by molar-refractivity contribution is 7.91. The van der Waals surface area contributed by atoms with Crippen molar-refractivity contribution in [2.45, 2.75) is 37.6 Å². The number of aromatic nitrogens is 1. The second-order valence-electron chi connectivity index (χ2n) is 4.21. The van der Waals surface area contributed by atoms with Crippen molar-refractivity contribution in [3.05, 3.63) is 0 Å². The van der Waals surface area contributed by atoms with Crippen LogP contribution in [-0.4, -0.2) is 38.3 Å². The van der Waals surface area contributed by atoms with Gasteiger partial charge in [0.1, 0.15) is 9.90 Å². The molecule has 0 amide bonds. The van der Waals surface area contributed by atoms with Gasteiger partial charge < -0.3 is 15.8 Å². The maximum atomic E-state index is 12.0. The molecule has 8 heteroatoms. The fraction of sp³-hybridized carbons (Fsp3) is 0.727. The van der Waals surface area contributed by atoms with Crippen LogP contribution in [0.15, 0.2) is 4.90 Å². The van der Waals surface area contributed by atoms with Crippen molar-refractivity contribution < 1.29 is 13.2 Å². The minimum atomic E-state index is -3.37. The molecule has 19 heavy (non-hydrogen) atoms. The Labute approximate surface area is 118 Å². The zero-order chi connectivity index (χ0) is 14.5. The normalized spacial score (nSPS) is 13.4. The van der Waals surface area contributed by atoms with Gasteiger partial charge in [0.15, 0.2) is 15.7 Å². The largest absolute Gasteiger partial charge is 0.383 e. The first-order valence-electron chi connectivity index (χ1n) is 6.19. The van der Waals surface area contributed by atoms with Crippen LogP contribution in [0.25, 0.3) is 0 Å². The van der Waals surface area contributed by atoms with Crippen LogP contribution >= 0.6 is 11.5 Å². The molecule has 1 heterocycles. The molecule has 0 aliphatic heterocycles. The molecule has 0 aliphatic rings. The predicted octanol–water partition coefficient (Wildman–Crippen LogP) is 1.75. The lowest BCUT2D eigenvalue weighted by Gasteiger charge is -2.17. The van der Waals surface area contributed by atoms with Crippen LogP contribution in [-0.2, 0) is 14.6 Å². The summed E-state index contributed by atoms with van der Waals surface area (Å²) in [6.45, 7) is 4.17. The monoisotopic (exact) mass is 307 g/mol. The highest BCUT2D eigenvalue weighted by Crippen LogP contribution is 2.33. The first-order chi connectivity index (χ1) is 8.96. The average molecular weight is 307 g/mol. The number of sulfone groups is 1. The van der Waals surface area contributed by atoms with Gasteiger partial charge in [-0.15, -0.1) is 0 Å². The van der Waals surface area contributed by atoms with Gasteiger partial charge in [-0.2, -0.15) is 4.37 Å². The minimum Gasteiger partial charge on any atom is -0.383 e. The fourth-order valence-electron chi connectivity index (χ4n) is 1.76. The molecule has 0 bridgehead atoms. The van der Waals surface area contributed by atoms with Crippen molar-refractivity contribution >= 4 is 32.2 Å². The molecule has 0 saturated carbocycles. The summed E-state index contributed by atoms with van der Waals surface area (Å²) in [6, 6.07) is 0.0562. The number of nitrogens with zero attached hydrogens (tertiary/aromatic N) is 1. The molecular formula is C11H21N3O3S2. The molecule has 0 saturated heterocycles.